The predicted molar refractivity (Wildman–Crippen MR) is 71.8 cm³/mol. The van der Waals surface area contributed by atoms with Crippen molar-refractivity contribution >= 4 is 17.0 Å². The molecule has 3 heterocycles. The number of nitrogens with two attached hydrogens (primary N) is 1. The van der Waals surface area contributed by atoms with Crippen molar-refractivity contribution in [2.24, 2.45) is 0 Å². The van der Waals surface area contributed by atoms with Crippen LogP contribution in [0.25, 0.3) is 11.0 Å². The van der Waals surface area contributed by atoms with Crippen molar-refractivity contribution in [1.82, 2.24) is 19.5 Å². The lowest BCUT2D eigenvalue weighted by Crippen LogP contribution is -2.33. The molecule has 0 radical (unpaired) electrons. The van der Waals surface area contributed by atoms with E-state index >= 15 is 0 Å². The van der Waals surface area contributed by atoms with E-state index in [4.69, 9.17) is 15.6 Å². The first-order chi connectivity index (χ1) is 10.4. The van der Waals surface area contributed by atoms with E-state index < -0.39 is 42.3 Å². The van der Waals surface area contributed by atoms with Gasteiger partial charge in [-0.25, -0.2) is 4.98 Å². The molecule has 11 heteroatoms. The molecular formula is C11H13N5O6. The number of nitrogens with zero attached hydrogens (tertiary/aromatic N) is 3. The van der Waals surface area contributed by atoms with Crippen molar-refractivity contribution in [3.05, 3.63) is 27.0 Å². The predicted octanol–water partition coefficient (Wildman–Crippen LogP) is -3.33. The van der Waals surface area contributed by atoms with Crippen molar-refractivity contribution in [1.29, 1.82) is 0 Å². The number of nitrogens with one attached hydrogen (secondary N) is 1. The highest BCUT2D eigenvalue weighted by Crippen LogP contribution is 2.30. The van der Waals surface area contributed by atoms with Gasteiger partial charge in [-0.1, -0.05) is 0 Å². The molecule has 11 nitrogen and oxygen atoms in total. The molecule has 0 aromatic carbocycles. The molecule has 1 aliphatic heterocycles. The molecule has 3 rings (SSSR count). The van der Waals surface area contributed by atoms with Crippen LogP contribution in [0.3, 0.4) is 0 Å². The van der Waals surface area contributed by atoms with Crippen LogP contribution in [0.5, 0.6) is 0 Å². The Labute approximate surface area is 121 Å². The summed E-state index contributed by atoms with van der Waals surface area (Å²) in [5, 5.41) is 28.9. The second-order valence-corrected chi connectivity index (χ2v) is 4.83. The fraction of sp³-hybridized carbons (Fsp3) is 0.455. The van der Waals surface area contributed by atoms with Gasteiger partial charge in [-0.3, -0.25) is 19.1 Å². The number of rotatable bonds is 2. The molecule has 2 aromatic rings. The fourth-order valence-electron chi connectivity index (χ4n) is 2.41. The number of aliphatic hydroxyl groups excluding tert-OH is 3. The minimum Gasteiger partial charge on any atom is -0.394 e. The Morgan fingerprint density at radius 2 is 2.09 bits per heavy atom. The average Bonchev–Trinajstić information content (AvgIpc) is 2.98. The SMILES string of the molecule is Nc1nc(=O)c2ncn([C@H]3O[C@@H](CO)[C@H](O)[C@@H]3O)c2c(=O)[nH]1. The summed E-state index contributed by atoms with van der Waals surface area (Å²) in [5.74, 6) is -0.374. The Bertz CT molecular complexity index is 832. The first-order valence-electron chi connectivity index (χ1n) is 6.33. The zero-order chi connectivity index (χ0) is 16.0. The molecule has 22 heavy (non-hydrogen) atoms. The zero-order valence-electron chi connectivity index (χ0n) is 11.1. The van der Waals surface area contributed by atoms with Gasteiger partial charge in [-0.05, 0) is 0 Å². The lowest BCUT2D eigenvalue weighted by molar-refractivity contribution is -0.0509. The van der Waals surface area contributed by atoms with Crippen LogP contribution in [0.15, 0.2) is 15.9 Å². The van der Waals surface area contributed by atoms with Crippen LogP contribution in [-0.4, -0.2) is 59.8 Å². The van der Waals surface area contributed by atoms with Gasteiger partial charge < -0.3 is 25.8 Å². The molecule has 1 saturated heterocycles. The lowest BCUT2D eigenvalue weighted by Gasteiger charge is -2.16. The number of fused-ring (bicyclic) bond motifs is 1. The lowest BCUT2D eigenvalue weighted by atomic mass is 10.1. The van der Waals surface area contributed by atoms with E-state index in [-0.39, 0.29) is 17.0 Å². The maximum absolute atomic E-state index is 12.1. The molecule has 0 unspecified atom stereocenters. The number of ether oxygens (including phenoxy) is 1. The topological polar surface area (TPSA) is 177 Å². The molecule has 0 bridgehead atoms. The highest BCUT2D eigenvalue weighted by molar-refractivity contribution is 5.72. The summed E-state index contributed by atoms with van der Waals surface area (Å²) in [6.07, 6.45) is -3.87. The molecule has 4 atom stereocenters. The monoisotopic (exact) mass is 311 g/mol. The van der Waals surface area contributed by atoms with E-state index in [1.54, 1.807) is 0 Å². The first-order valence-corrected chi connectivity index (χ1v) is 6.33. The van der Waals surface area contributed by atoms with Gasteiger partial charge in [0.1, 0.15) is 23.8 Å². The van der Waals surface area contributed by atoms with Crippen molar-refractivity contribution in [2.45, 2.75) is 24.5 Å². The third-order valence-electron chi connectivity index (χ3n) is 3.47. The summed E-state index contributed by atoms with van der Waals surface area (Å²) < 4.78 is 6.41. The molecule has 6 N–H and O–H groups in total. The van der Waals surface area contributed by atoms with Gasteiger partial charge in [0.05, 0.1) is 12.9 Å². The molecule has 0 amide bonds. The minimum atomic E-state index is -1.42. The summed E-state index contributed by atoms with van der Waals surface area (Å²) in [5.41, 5.74) is 3.32. The van der Waals surface area contributed by atoms with Crippen LogP contribution in [0, 0.1) is 0 Å². The van der Waals surface area contributed by atoms with E-state index in [2.05, 4.69) is 15.0 Å². The largest absolute Gasteiger partial charge is 0.394 e. The van der Waals surface area contributed by atoms with Crippen molar-refractivity contribution in [3.8, 4) is 0 Å². The van der Waals surface area contributed by atoms with Gasteiger partial charge in [0, 0.05) is 0 Å². The van der Waals surface area contributed by atoms with Crippen LogP contribution in [0.4, 0.5) is 5.95 Å². The van der Waals surface area contributed by atoms with Crippen molar-refractivity contribution in [3.63, 3.8) is 0 Å². The van der Waals surface area contributed by atoms with Gasteiger partial charge in [-0.2, -0.15) is 4.98 Å². The van der Waals surface area contributed by atoms with Gasteiger partial charge in [-0.15, -0.1) is 0 Å². The van der Waals surface area contributed by atoms with E-state index in [9.17, 15) is 19.8 Å². The van der Waals surface area contributed by atoms with Crippen molar-refractivity contribution < 1.29 is 20.1 Å². The number of imidazole rings is 1. The van der Waals surface area contributed by atoms with Crippen LogP contribution in [-0.2, 0) is 4.74 Å². The minimum absolute atomic E-state index is 0.205. The maximum atomic E-state index is 12.1. The zero-order valence-corrected chi connectivity index (χ0v) is 11.1. The summed E-state index contributed by atoms with van der Waals surface area (Å²) in [7, 11) is 0. The van der Waals surface area contributed by atoms with Crippen LogP contribution in [0.1, 0.15) is 6.23 Å². The average molecular weight is 311 g/mol. The number of aliphatic hydroxyl groups is 3. The third kappa shape index (κ3) is 2.07. The first kappa shape index (κ1) is 14.6. The number of anilines is 1. The number of hydrogen-bond acceptors (Lipinski definition) is 9. The Morgan fingerprint density at radius 3 is 2.73 bits per heavy atom. The van der Waals surface area contributed by atoms with E-state index in [1.165, 1.54) is 0 Å². The number of H-pyrrole nitrogens is 1. The molecule has 1 fully saturated rings. The van der Waals surface area contributed by atoms with E-state index in [0.29, 0.717) is 0 Å². The number of aromatic nitrogens is 4. The van der Waals surface area contributed by atoms with Crippen LogP contribution in [0.2, 0.25) is 0 Å². The van der Waals surface area contributed by atoms with Gasteiger partial charge in [0.15, 0.2) is 11.7 Å². The Balaban J connectivity index is 2.22. The number of nitrogen functional groups attached to an aromatic ring is 1. The highest BCUT2D eigenvalue weighted by atomic mass is 16.6. The maximum Gasteiger partial charge on any atom is 0.301 e. The highest BCUT2D eigenvalue weighted by Gasteiger charge is 2.44. The second kappa shape index (κ2) is 5.14. The number of aromatic amines is 1. The molecule has 0 aliphatic carbocycles. The smallest absolute Gasteiger partial charge is 0.301 e. The summed E-state index contributed by atoms with van der Waals surface area (Å²) in [4.78, 5) is 33.3. The molecule has 1 aliphatic rings. The van der Waals surface area contributed by atoms with Gasteiger partial charge in [0.25, 0.3) is 5.56 Å². The number of hydrogen-bond donors (Lipinski definition) is 5. The quantitative estimate of drug-likeness (QED) is 0.379. The molecule has 118 valence electrons. The fourth-order valence-corrected chi connectivity index (χ4v) is 2.41. The molecule has 2 aromatic heterocycles. The Kier molecular flexibility index (Phi) is 3.41. The molecular weight excluding hydrogens is 298 g/mol. The summed E-state index contributed by atoms with van der Waals surface area (Å²) in [6, 6.07) is 0. The summed E-state index contributed by atoms with van der Waals surface area (Å²) >= 11 is 0. The normalized spacial score (nSPS) is 28.3. The molecule has 0 spiro atoms. The van der Waals surface area contributed by atoms with Crippen LogP contribution >= 0.6 is 0 Å². The Morgan fingerprint density at radius 1 is 1.36 bits per heavy atom. The third-order valence-corrected chi connectivity index (χ3v) is 3.47. The Hall–Kier alpha value is -2.34. The van der Waals surface area contributed by atoms with Crippen LogP contribution < -0.4 is 16.9 Å². The van der Waals surface area contributed by atoms with Crippen molar-refractivity contribution in [2.75, 3.05) is 12.3 Å². The van der Waals surface area contributed by atoms with E-state index in [0.717, 1.165) is 10.9 Å². The van der Waals surface area contributed by atoms with Gasteiger partial charge in [0.2, 0.25) is 5.95 Å². The second-order valence-electron chi connectivity index (χ2n) is 4.83. The van der Waals surface area contributed by atoms with E-state index in [1.807, 2.05) is 0 Å². The standard InChI is InChI=1S/C11H13N5O6/c12-11-14-8(20)4-5(9(21)15-11)16(2-13-4)10-7(19)6(18)3(1-17)22-10/h2-3,6-7,10,17-19H,1H2,(H3,12,14,15,20,21)/t3-,6-,7-,10-/m0/s1. The van der Waals surface area contributed by atoms with Gasteiger partial charge >= 0.3 is 5.56 Å². The molecule has 0 saturated carbocycles. The summed E-state index contributed by atoms with van der Waals surface area (Å²) in [6.45, 7) is -0.521.